The fourth-order valence-corrected chi connectivity index (χ4v) is 2.83. The molecule has 1 atom stereocenters. The van der Waals surface area contributed by atoms with E-state index in [9.17, 15) is 14.0 Å². The number of ether oxygens (including phenoxy) is 1. The number of piperazine rings is 1. The first-order chi connectivity index (χ1) is 11.3. The maximum absolute atomic E-state index is 13.9. The SMILES string of the molecule is CC(=O)[C@@H](C)OC(=O)CN1CCN(Cc2ccc(Br)cc2F)CC1. The summed E-state index contributed by atoms with van der Waals surface area (Å²) in [5.41, 5.74) is 0.668. The van der Waals surface area contributed by atoms with E-state index in [4.69, 9.17) is 4.74 Å². The molecule has 5 nitrogen and oxygen atoms in total. The lowest BCUT2D eigenvalue weighted by molar-refractivity contribution is -0.154. The zero-order valence-corrected chi connectivity index (χ0v) is 15.5. The first kappa shape index (κ1) is 19.0. The average molecular weight is 401 g/mol. The first-order valence-electron chi connectivity index (χ1n) is 7.93. The minimum Gasteiger partial charge on any atom is -0.454 e. The van der Waals surface area contributed by atoms with Gasteiger partial charge >= 0.3 is 5.97 Å². The van der Waals surface area contributed by atoms with Crippen molar-refractivity contribution in [3.63, 3.8) is 0 Å². The van der Waals surface area contributed by atoms with Crippen molar-refractivity contribution in [1.29, 1.82) is 0 Å². The van der Waals surface area contributed by atoms with Crippen LogP contribution >= 0.6 is 15.9 Å². The molecule has 1 heterocycles. The molecule has 1 aromatic rings. The van der Waals surface area contributed by atoms with Gasteiger partial charge in [0.2, 0.25) is 0 Å². The van der Waals surface area contributed by atoms with Crippen LogP contribution in [-0.4, -0.2) is 60.4 Å². The minimum atomic E-state index is -0.695. The van der Waals surface area contributed by atoms with Crippen LogP contribution in [0.1, 0.15) is 19.4 Å². The van der Waals surface area contributed by atoms with Crippen LogP contribution in [0.2, 0.25) is 0 Å². The summed E-state index contributed by atoms with van der Waals surface area (Å²) in [4.78, 5) is 27.0. The van der Waals surface area contributed by atoms with E-state index in [1.165, 1.54) is 13.0 Å². The summed E-state index contributed by atoms with van der Waals surface area (Å²) in [6.45, 7) is 6.64. The Morgan fingerprint density at radius 1 is 1.25 bits per heavy atom. The van der Waals surface area contributed by atoms with Gasteiger partial charge in [-0.3, -0.25) is 19.4 Å². The highest BCUT2D eigenvalue weighted by atomic mass is 79.9. The monoisotopic (exact) mass is 400 g/mol. The Morgan fingerprint density at radius 3 is 2.46 bits per heavy atom. The number of ketones is 1. The zero-order chi connectivity index (χ0) is 17.7. The molecule has 0 saturated carbocycles. The number of hydrogen-bond acceptors (Lipinski definition) is 5. The molecule has 7 heteroatoms. The fourth-order valence-electron chi connectivity index (χ4n) is 2.50. The average Bonchev–Trinajstić information content (AvgIpc) is 2.51. The third kappa shape index (κ3) is 5.65. The highest BCUT2D eigenvalue weighted by molar-refractivity contribution is 9.10. The van der Waals surface area contributed by atoms with Crippen molar-refractivity contribution in [3.8, 4) is 0 Å². The zero-order valence-electron chi connectivity index (χ0n) is 13.9. The van der Waals surface area contributed by atoms with Crippen LogP contribution in [0.15, 0.2) is 22.7 Å². The van der Waals surface area contributed by atoms with Crippen LogP contribution in [0, 0.1) is 5.82 Å². The van der Waals surface area contributed by atoms with Crippen LogP contribution in [0.5, 0.6) is 0 Å². The van der Waals surface area contributed by atoms with Crippen LogP contribution in [0.4, 0.5) is 4.39 Å². The summed E-state index contributed by atoms with van der Waals surface area (Å²) in [5.74, 6) is -0.761. The van der Waals surface area contributed by atoms with Crippen LogP contribution in [-0.2, 0) is 20.9 Å². The van der Waals surface area contributed by atoms with Gasteiger partial charge in [-0.05, 0) is 26.0 Å². The summed E-state index contributed by atoms with van der Waals surface area (Å²) in [6.07, 6.45) is -0.695. The highest BCUT2D eigenvalue weighted by Crippen LogP contribution is 2.17. The van der Waals surface area contributed by atoms with E-state index < -0.39 is 6.10 Å². The molecule has 24 heavy (non-hydrogen) atoms. The smallest absolute Gasteiger partial charge is 0.320 e. The Hall–Kier alpha value is -1.31. The van der Waals surface area contributed by atoms with Crippen molar-refractivity contribution in [2.75, 3.05) is 32.7 Å². The quantitative estimate of drug-likeness (QED) is 0.685. The summed E-state index contributed by atoms with van der Waals surface area (Å²) < 4.78 is 19.7. The molecule has 1 aliphatic rings. The number of benzene rings is 1. The number of esters is 1. The van der Waals surface area contributed by atoms with Gasteiger partial charge in [0, 0.05) is 42.8 Å². The Morgan fingerprint density at radius 2 is 1.88 bits per heavy atom. The van der Waals surface area contributed by atoms with Crippen molar-refractivity contribution >= 4 is 27.7 Å². The van der Waals surface area contributed by atoms with Gasteiger partial charge in [0.1, 0.15) is 5.82 Å². The van der Waals surface area contributed by atoms with Crippen molar-refractivity contribution in [1.82, 2.24) is 9.80 Å². The molecule has 0 radical (unpaired) electrons. The van der Waals surface area contributed by atoms with E-state index in [1.807, 2.05) is 11.0 Å². The number of rotatable bonds is 6. The number of hydrogen-bond donors (Lipinski definition) is 0. The predicted molar refractivity (Wildman–Crippen MR) is 92.1 cm³/mol. The fraction of sp³-hybridized carbons (Fsp3) is 0.529. The normalized spacial score (nSPS) is 17.5. The van der Waals surface area contributed by atoms with E-state index >= 15 is 0 Å². The molecule has 0 spiro atoms. The van der Waals surface area contributed by atoms with Crippen molar-refractivity contribution in [2.45, 2.75) is 26.5 Å². The van der Waals surface area contributed by atoms with Gasteiger partial charge in [0.15, 0.2) is 11.9 Å². The minimum absolute atomic E-state index is 0.162. The van der Waals surface area contributed by atoms with Gasteiger partial charge < -0.3 is 4.74 Å². The second-order valence-electron chi connectivity index (χ2n) is 6.03. The molecule has 2 rings (SSSR count). The van der Waals surface area contributed by atoms with Crippen LogP contribution in [0.3, 0.4) is 0 Å². The molecule has 0 unspecified atom stereocenters. The van der Waals surface area contributed by atoms with Crippen molar-refractivity contribution < 1.29 is 18.7 Å². The summed E-state index contributed by atoms with van der Waals surface area (Å²) >= 11 is 3.25. The molecule has 0 bridgehead atoms. The molecule has 1 saturated heterocycles. The second kappa shape index (κ2) is 8.69. The summed E-state index contributed by atoms with van der Waals surface area (Å²) in [6, 6.07) is 5.09. The first-order valence-corrected chi connectivity index (χ1v) is 8.73. The van der Waals surface area contributed by atoms with Gasteiger partial charge in [0.05, 0.1) is 6.54 Å². The van der Waals surface area contributed by atoms with Gasteiger partial charge in [-0.25, -0.2) is 4.39 Å². The van der Waals surface area contributed by atoms with Crippen LogP contribution < -0.4 is 0 Å². The Bertz CT molecular complexity index is 603. The second-order valence-corrected chi connectivity index (χ2v) is 6.95. The molecular weight excluding hydrogens is 379 g/mol. The summed E-state index contributed by atoms with van der Waals surface area (Å²) in [7, 11) is 0. The lowest BCUT2D eigenvalue weighted by atomic mass is 10.2. The molecule has 0 N–H and O–H groups in total. The molecule has 1 aliphatic heterocycles. The molecule has 0 aliphatic carbocycles. The maximum atomic E-state index is 13.9. The van der Waals surface area contributed by atoms with E-state index in [-0.39, 0.29) is 24.1 Å². The van der Waals surface area contributed by atoms with Gasteiger partial charge in [-0.15, -0.1) is 0 Å². The third-order valence-corrected chi connectivity index (χ3v) is 4.60. The van der Waals surface area contributed by atoms with E-state index in [2.05, 4.69) is 20.8 Å². The maximum Gasteiger partial charge on any atom is 0.320 e. The Labute approximate surface area is 149 Å². The molecule has 1 fully saturated rings. The lowest BCUT2D eigenvalue weighted by Crippen LogP contribution is -2.48. The number of nitrogens with zero attached hydrogens (tertiary/aromatic N) is 2. The third-order valence-electron chi connectivity index (χ3n) is 4.11. The lowest BCUT2D eigenvalue weighted by Gasteiger charge is -2.34. The Balaban J connectivity index is 1.77. The number of carbonyl (C=O) groups is 2. The van der Waals surface area contributed by atoms with Crippen molar-refractivity contribution in [2.24, 2.45) is 0 Å². The van der Waals surface area contributed by atoms with Crippen molar-refractivity contribution in [3.05, 3.63) is 34.1 Å². The van der Waals surface area contributed by atoms with E-state index in [0.717, 1.165) is 17.6 Å². The molecule has 1 aromatic carbocycles. The topological polar surface area (TPSA) is 49.9 Å². The van der Waals surface area contributed by atoms with Gasteiger partial charge in [-0.1, -0.05) is 22.0 Å². The molecule has 132 valence electrons. The van der Waals surface area contributed by atoms with Crippen LogP contribution in [0.25, 0.3) is 0 Å². The highest BCUT2D eigenvalue weighted by Gasteiger charge is 2.22. The van der Waals surface area contributed by atoms with Gasteiger partial charge in [0.25, 0.3) is 0 Å². The number of carbonyl (C=O) groups excluding carboxylic acids is 2. The molecular formula is C17H22BrFN2O3. The standard InChI is InChI=1S/C17H22BrFN2O3/c1-12(22)13(2)24-17(23)11-21-7-5-20(6-8-21)10-14-3-4-15(18)9-16(14)19/h3-4,9,13H,5-8,10-11H2,1-2H3/t13-/m1/s1. The number of halogens is 2. The molecule has 0 amide bonds. The van der Waals surface area contributed by atoms with Gasteiger partial charge in [-0.2, -0.15) is 0 Å². The summed E-state index contributed by atoms with van der Waals surface area (Å²) in [5, 5.41) is 0. The van der Waals surface area contributed by atoms with E-state index in [1.54, 1.807) is 13.0 Å². The predicted octanol–water partition coefficient (Wildman–Crippen LogP) is 2.23. The number of Topliss-reactive ketones (excluding diaryl/α,β-unsaturated/α-hetero) is 1. The van der Waals surface area contributed by atoms with E-state index in [0.29, 0.717) is 25.2 Å². The largest absolute Gasteiger partial charge is 0.454 e. The Kier molecular flexibility index (Phi) is 6.89. The molecule has 0 aromatic heterocycles.